The second-order valence-electron chi connectivity index (χ2n) is 5.14. The summed E-state index contributed by atoms with van der Waals surface area (Å²) in [6, 6.07) is 8.81. The normalized spacial score (nSPS) is 26.1. The maximum absolute atomic E-state index is 5.75. The van der Waals surface area contributed by atoms with Crippen LogP contribution in [0.3, 0.4) is 0 Å². The first kappa shape index (κ1) is 13.1. The topological polar surface area (TPSA) is 38.0 Å². The zero-order valence-corrected chi connectivity index (χ0v) is 11.9. The molecule has 3 atom stereocenters. The number of hydrazine groups is 1. The monoisotopic (exact) mass is 296 g/mol. The minimum absolute atomic E-state index is 0.395. The van der Waals surface area contributed by atoms with E-state index in [2.05, 4.69) is 52.5 Å². The highest BCUT2D eigenvalue weighted by Crippen LogP contribution is 2.35. The van der Waals surface area contributed by atoms with Crippen molar-refractivity contribution in [3.05, 3.63) is 34.3 Å². The highest BCUT2D eigenvalue weighted by Gasteiger charge is 2.30. The van der Waals surface area contributed by atoms with E-state index in [0.29, 0.717) is 12.0 Å². The van der Waals surface area contributed by atoms with Crippen LogP contribution >= 0.6 is 15.9 Å². The molecule has 0 heterocycles. The number of rotatable bonds is 4. The molecule has 3 heteroatoms. The van der Waals surface area contributed by atoms with Crippen LogP contribution in [0.1, 0.15) is 31.7 Å². The van der Waals surface area contributed by atoms with Gasteiger partial charge in [0.2, 0.25) is 0 Å². The van der Waals surface area contributed by atoms with E-state index in [9.17, 15) is 0 Å². The molecule has 1 aliphatic rings. The van der Waals surface area contributed by atoms with Crippen LogP contribution in [0.4, 0.5) is 0 Å². The lowest BCUT2D eigenvalue weighted by Gasteiger charge is -2.26. The second-order valence-corrected chi connectivity index (χ2v) is 6.00. The molecule has 1 aromatic carbocycles. The highest BCUT2D eigenvalue weighted by atomic mass is 79.9. The molecule has 1 aromatic rings. The zero-order chi connectivity index (χ0) is 12.3. The molecule has 94 valence electrons. The summed E-state index contributed by atoms with van der Waals surface area (Å²) >= 11 is 3.61. The van der Waals surface area contributed by atoms with Crippen molar-refractivity contribution in [1.82, 2.24) is 5.43 Å². The number of nitrogens with two attached hydrogens (primary N) is 1. The van der Waals surface area contributed by atoms with Gasteiger partial charge in [-0.1, -0.05) is 53.9 Å². The molecule has 0 bridgehead atoms. The van der Waals surface area contributed by atoms with E-state index in [1.807, 2.05) is 0 Å². The van der Waals surface area contributed by atoms with Gasteiger partial charge in [-0.25, -0.2) is 0 Å². The third-order valence-electron chi connectivity index (χ3n) is 4.06. The number of nitrogens with one attached hydrogen (secondary N) is 1. The summed E-state index contributed by atoms with van der Waals surface area (Å²) in [6.45, 7) is 2.35. The first-order valence-electron chi connectivity index (χ1n) is 6.42. The number of benzene rings is 1. The fourth-order valence-electron chi connectivity index (χ4n) is 3.01. The van der Waals surface area contributed by atoms with Crippen molar-refractivity contribution in [2.45, 2.75) is 38.6 Å². The van der Waals surface area contributed by atoms with Crippen LogP contribution in [0.2, 0.25) is 0 Å². The van der Waals surface area contributed by atoms with Gasteiger partial charge in [-0.15, -0.1) is 0 Å². The van der Waals surface area contributed by atoms with Crippen molar-refractivity contribution in [3.63, 3.8) is 0 Å². The van der Waals surface area contributed by atoms with Crippen LogP contribution < -0.4 is 11.3 Å². The summed E-state index contributed by atoms with van der Waals surface area (Å²) in [7, 11) is 0. The van der Waals surface area contributed by atoms with Gasteiger partial charge in [0, 0.05) is 10.5 Å². The predicted molar refractivity (Wildman–Crippen MR) is 75.5 cm³/mol. The van der Waals surface area contributed by atoms with Crippen molar-refractivity contribution in [1.29, 1.82) is 0 Å². The molecule has 3 unspecified atom stereocenters. The van der Waals surface area contributed by atoms with Gasteiger partial charge in [-0.3, -0.25) is 11.3 Å². The van der Waals surface area contributed by atoms with E-state index >= 15 is 0 Å². The molecule has 2 nitrogen and oxygen atoms in total. The fraction of sp³-hybridized carbons (Fsp3) is 0.571. The Bertz CT molecular complexity index is 367. The summed E-state index contributed by atoms with van der Waals surface area (Å²) in [5.41, 5.74) is 4.37. The molecule has 1 saturated carbocycles. The first-order valence-corrected chi connectivity index (χ1v) is 7.21. The van der Waals surface area contributed by atoms with Crippen LogP contribution in [0.25, 0.3) is 0 Å². The molecule has 0 aliphatic heterocycles. The first-order chi connectivity index (χ1) is 8.22. The Morgan fingerprint density at radius 1 is 1.41 bits per heavy atom. The van der Waals surface area contributed by atoms with Gasteiger partial charge in [0.15, 0.2) is 0 Å². The van der Waals surface area contributed by atoms with Crippen LogP contribution in [-0.4, -0.2) is 6.04 Å². The second kappa shape index (κ2) is 5.98. The Morgan fingerprint density at radius 3 is 2.76 bits per heavy atom. The van der Waals surface area contributed by atoms with Gasteiger partial charge in [0.1, 0.15) is 0 Å². The summed E-state index contributed by atoms with van der Waals surface area (Å²) in [6.07, 6.45) is 5.01. The third-order valence-corrected chi connectivity index (χ3v) is 4.83. The molecule has 0 amide bonds. The highest BCUT2D eigenvalue weighted by molar-refractivity contribution is 9.10. The zero-order valence-electron chi connectivity index (χ0n) is 10.3. The SMILES string of the molecule is CC1CCCC1C(Cc1ccccc1Br)NN. The maximum atomic E-state index is 5.75. The Balaban J connectivity index is 2.07. The number of hydrogen-bond acceptors (Lipinski definition) is 2. The predicted octanol–water partition coefficient (Wildman–Crippen LogP) is 3.26. The number of halogens is 1. The molecule has 3 N–H and O–H groups in total. The minimum atomic E-state index is 0.395. The molecule has 0 radical (unpaired) electrons. The summed E-state index contributed by atoms with van der Waals surface area (Å²) in [5, 5.41) is 0. The van der Waals surface area contributed by atoms with Crippen molar-refractivity contribution in [3.8, 4) is 0 Å². The minimum Gasteiger partial charge on any atom is -0.271 e. The van der Waals surface area contributed by atoms with Gasteiger partial charge in [0.25, 0.3) is 0 Å². The van der Waals surface area contributed by atoms with Crippen molar-refractivity contribution < 1.29 is 0 Å². The molecule has 1 fully saturated rings. The lowest BCUT2D eigenvalue weighted by Crippen LogP contribution is -2.43. The van der Waals surface area contributed by atoms with Crippen LogP contribution in [0.5, 0.6) is 0 Å². The van der Waals surface area contributed by atoms with Crippen molar-refractivity contribution >= 4 is 15.9 Å². The van der Waals surface area contributed by atoms with Crippen molar-refractivity contribution in [2.75, 3.05) is 0 Å². The van der Waals surface area contributed by atoms with Crippen molar-refractivity contribution in [2.24, 2.45) is 17.7 Å². The molecule has 0 saturated heterocycles. The molecule has 2 rings (SSSR count). The third kappa shape index (κ3) is 3.09. The fourth-order valence-corrected chi connectivity index (χ4v) is 3.45. The largest absolute Gasteiger partial charge is 0.271 e. The van der Waals surface area contributed by atoms with E-state index in [-0.39, 0.29) is 0 Å². The van der Waals surface area contributed by atoms with Crippen LogP contribution in [0, 0.1) is 11.8 Å². The van der Waals surface area contributed by atoms with E-state index < -0.39 is 0 Å². The van der Waals surface area contributed by atoms with Gasteiger partial charge in [-0.2, -0.15) is 0 Å². The van der Waals surface area contributed by atoms with E-state index in [1.165, 1.54) is 29.3 Å². The molecular weight excluding hydrogens is 276 g/mol. The average molecular weight is 297 g/mol. The Hall–Kier alpha value is -0.380. The Labute approximate surface area is 112 Å². The number of hydrogen-bond donors (Lipinski definition) is 2. The van der Waals surface area contributed by atoms with Crippen LogP contribution in [0.15, 0.2) is 28.7 Å². The van der Waals surface area contributed by atoms with E-state index in [0.717, 1.165) is 12.3 Å². The van der Waals surface area contributed by atoms with E-state index in [4.69, 9.17) is 5.84 Å². The Morgan fingerprint density at radius 2 is 2.18 bits per heavy atom. The summed E-state index contributed by atoms with van der Waals surface area (Å²) in [5.74, 6) is 7.25. The maximum Gasteiger partial charge on any atom is 0.0282 e. The Kier molecular flexibility index (Phi) is 4.60. The molecular formula is C14H21BrN2. The molecule has 1 aliphatic carbocycles. The van der Waals surface area contributed by atoms with E-state index in [1.54, 1.807) is 0 Å². The summed E-state index contributed by atoms with van der Waals surface area (Å²) in [4.78, 5) is 0. The average Bonchev–Trinajstić information content (AvgIpc) is 2.75. The van der Waals surface area contributed by atoms with Gasteiger partial charge < -0.3 is 0 Å². The smallest absolute Gasteiger partial charge is 0.0282 e. The summed E-state index contributed by atoms with van der Waals surface area (Å²) < 4.78 is 1.19. The molecule has 0 spiro atoms. The lowest BCUT2D eigenvalue weighted by atomic mass is 9.87. The van der Waals surface area contributed by atoms with Gasteiger partial charge in [-0.05, 0) is 36.3 Å². The van der Waals surface area contributed by atoms with Gasteiger partial charge in [0.05, 0.1) is 0 Å². The lowest BCUT2D eigenvalue weighted by molar-refractivity contribution is 0.297. The molecule has 17 heavy (non-hydrogen) atoms. The molecule has 0 aromatic heterocycles. The quantitative estimate of drug-likeness (QED) is 0.661. The van der Waals surface area contributed by atoms with Crippen LogP contribution in [-0.2, 0) is 6.42 Å². The van der Waals surface area contributed by atoms with Gasteiger partial charge >= 0.3 is 0 Å². The standard InChI is InChI=1S/C14H21BrN2/c1-10-5-4-7-12(10)14(17-16)9-11-6-2-3-8-13(11)15/h2-3,6,8,10,12,14,17H,4-5,7,9,16H2,1H3.